The second kappa shape index (κ2) is 8.30. The summed E-state index contributed by atoms with van der Waals surface area (Å²) >= 11 is -5.15. The Hall–Kier alpha value is -1.45. The minimum absolute atomic E-state index is 2.97. The average Bonchev–Trinajstić information content (AvgIpc) is 2.66. The Balaban J connectivity index is 3.69. The highest BCUT2D eigenvalue weighted by molar-refractivity contribution is 5.14. The molecule has 0 spiro atoms. The molecular weight excluding hydrogens is 663 g/mol. The highest BCUT2D eigenvalue weighted by atomic mass is 127. The largest absolute Gasteiger partial charge is 0.517 e. The van der Waals surface area contributed by atoms with Crippen molar-refractivity contribution in [3.63, 3.8) is 0 Å². The minimum Gasteiger partial charge on any atom is -0.200 e. The van der Waals surface area contributed by atoms with E-state index in [2.05, 4.69) is 0 Å². The number of rotatable bonds is 7. The zero-order valence-electron chi connectivity index (χ0n) is 14.4. The molecule has 0 aliphatic rings. The Morgan fingerprint density at radius 3 is 0.941 bits per heavy atom. The van der Waals surface area contributed by atoms with Crippen molar-refractivity contribution < 1.29 is 109 Å². The molecule has 0 bridgehead atoms. The topological polar surface area (TPSA) is 0 Å². The van der Waals surface area contributed by atoms with Gasteiger partial charge in [-0.1, -0.05) is 0 Å². The van der Waals surface area contributed by atoms with Crippen LogP contribution in [-0.4, -0.2) is 39.7 Å². The molecule has 0 aliphatic heterocycles. The van der Waals surface area contributed by atoms with Gasteiger partial charge in [0.2, 0.25) is 29.1 Å². The van der Waals surface area contributed by atoms with Crippen molar-refractivity contribution in [3.8, 4) is 0 Å². The van der Waals surface area contributed by atoms with Crippen LogP contribution in [0.4, 0.5) is 87.8 Å². The van der Waals surface area contributed by atoms with Gasteiger partial charge in [0.05, 0.1) is 0 Å². The Kier molecular flexibility index (Phi) is 7.47. The zero-order valence-corrected chi connectivity index (χ0v) is 16.6. The van der Waals surface area contributed by atoms with Gasteiger partial charge < -0.3 is 0 Å². The lowest BCUT2D eigenvalue weighted by Gasteiger charge is -2.39. The van der Waals surface area contributed by atoms with Crippen LogP contribution in [0.5, 0.6) is 0 Å². The second-order valence-electron chi connectivity index (χ2n) is 5.85. The third-order valence-corrected chi connectivity index (χ3v) is 6.50. The smallest absolute Gasteiger partial charge is 0.200 e. The standard InChI is InChI=1S/C13F20I/c14-1-2(15)4(17)6(5(18)3(1)16)34-13(32,33)11(27,28)9(23,24)7(19,20)8(21,22)10(25,26)12(29,30)31/q+1. The summed E-state index contributed by atoms with van der Waals surface area (Å²) in [4.78, 5) is 0. The van der Waals surface area contributed by atoms with Crippen LogP contribution in [0, 0.1) is 32.7 Å². The van der Waals surface area contributed by atoms with Gasteiger partial charge in [-0.15, -0.1) is 0 Å². The van der Waals surface area contributed by atoms with Gasteiger partial charge in [0.25, 0.3) is 3.57 Å². The summed E-state index contributed by atoms with van der Waals surface area (Å²) in [7, 11) is 0. The lowest BCUT2D eigenvalue weighted by Crippen LogP contribution is -3.68. The van der Waals surface area contributed by atoms with E-state index in [1.807, 2.05) is 0 Å². The van der Waals surface area contributed by atoms with Crippen molar-refractivity contribution in [3.05, 3.63) is 32.7 Å². The fraction of sp³-hybridized carbons (Fsp3) is 0.538. The van der Waals surface area contributed by atoms with Gasteiger partial charge in [0.15, 0.2) is 0 Å². The van der Waals surface area contributed by atoms with E-state index in [1.54, 1.807) is 0 Å². The average molecular weight is 663 g/mol. The van der Waals surface area contributed by atoms with Crippen molar-refractivity contribution in [1.29, 1.82) is 0 Å². The molecule has 198 valence electrons. The molecule has 0 atom stereocenters. The summed E-state index contributed by atoms with van der Waals surface area (Å²) in [6, 6.07) is 0. The number of halogens is 21. The first kappa shape index (κ1) is 30.6. The van der Waals surface area contributed by atoms with E-state index in [9.17, 15) is 87.8 Å². The molecular formula is C13F20I+. The van der Waals surface area contributed by atoms with Gasteiger partial charge in [0, 0.05) is 0 Å². The van der Waals surface area contributed by atoms with Gasteiger partial charge in [-0.25, -0.2) is 13.2 Å². The highest BCUT2D eigenvalue weighted by Crippen LogP contribution is 2.61. The Bertz CT molecular complexity index is 914. The van der Waals surface area contributed by atoms with Crippen LogP contribution in [0.25, 0.3) is 0 Å². The maximum Gasteiger partial charge on any atom is 0.517 e. The SMILES string of the molecule is Fc1c(F)c(F)c([I+]C(F)(F)C(F)(F)C(F)(F)C(F)(F)C(F)(F)C(F)(F)C(F)(F)F)c(F)c1F. The normalized spacial score (nSPS) is 15.2. The molecule has 1 aromatic rings. The van der Waals surface area contributed by atoms with Crippen LogP contribution in [0.1, 0.15) is 0 Å². The van der Waals surface area contributed by atoms with Crippen molar-refractivity contribution >= 4 is 0 Å². The molecule has 1 aromatic carbocycles. The van der Waals surface area contributed by atoms with Gasteiger partial charge in [0.1, 0.15) is 0 Å². The quantitative estimate of drug-likeness (QED) is 0.136. The molecule has 34 heavy (non-hydrogen) atoms. The molecule has 0 radical (unpaired) electrons. The maximum absolute atomic E-state index is 13.7. The van der Waals surface area contributed by atoms with E-state index in [0.717, 1.165) is 0 Å². The van der Waals surface area contributed by atoms with Gasteiger partial charge >= 0.3 is 60.9 Å². The van der Waals surface area contributed by atoms with Crippen LogP contribution >= 0.6 is 0 Å². The predicted octanol–water partition coefficient (Wildman–Crippen LogP) is 3.97. The summed E-state index contributed by atoms with van der Waals surface area (Å²) in [5.74, 6) is -58.1. The molecule has 21 heteroatoms. The fourth-order valence-electron chi connectivity index (χ4n) is 1.79. The zero-order chi connectivity index (χ0) is 27.7. The van der Waals surface area contributed by atoms with Gasteiger partial charge in [-0.3, -0.25) is 0 Å². The molecule has 0 unspecified atom stereocenters. The van der Waals surface area contributed by atoms with Crippen LogP contribution < -0.4 is 21.2 Å². The van der Waals surface area contributed by atoms with E-state index in [0.29, 0.717) is 0 Å². The lowest BCUT2D eigenvalue weighted by molar-refractivity contribution is -0.794. The molecule has 0 amide bonds. The maximum atomic E-state index is 13.7. The Labute approximate surface area is 182 Å². The van der Waals surface area contributed by atoms with Crippen LogP contribution in [0.3, 0.4) is 0 Å². The van der Waals surface area contributed by atoms with Crippen LogP contribution in [-0.2, 0) is 0 Å². The van der Waals surface area contributed by atoms with Gasteiger partial charge in [-0.05, 0) is 0 Å². The molecule has 0 aromatic heterocycles. The first-order chi connectivity index (χ1) is 14.6. The van der Waals surface area contributed by atoms with Gasteiger partial charge in [-0.2, -0.15) is 74.6 Å². The summed E-state index contributed by atoms with van der Waals surface area (Å²) in [5, 5.41) is 0. The van der Waals surface area contributed by atoms with Crippen LogP contribution in [0.15, 0.2) is 0 Å². The van der Waals surface area contributed by atoms with Crippen molar-refractivity contribution in [2.24, 2.45) is 0 Å². The third-order valence-electron chi connectivity index (χ3n) is 3.66. The van der Waals surface area contributed by atoms with Crippen molar-refractivity contribution in [2.45, 2.75) is 39.7 Å². The molecule has 0 heterocycles. The summed E-state index contributed by atoms with van der Waals surface area (Å²) in [5.41, 5.74) is 0. The molecule has 1 rings (SSSR count). The highest BCUT2D eigenvalue weighted by Gasteiger charge is 2.95. The molecule has 0 saturated heterocycles. The second-order valence-corrected chi connectivity index (χ2v) is 8.82. The van der Waals surface area contributed by atoms with Crippen molar-refractivity contribution in [1.82, 2.24) is 0 Å². The molecule has 0 N–H and O–H groups in total. The number of hydrogen-bond acceptors (Lipinski definition) is 0. The lowest BCUT2D eigenvalue weighted by atomic mass is 9.94. The van der Waals surface area contributed by atoms with E-state index in [-0.39, 0.29) is 0 Å². The number of benzene rings is 1. The molecule has 0 fully saturated rings. The molecule has 0 aliphatic carbocycles. The number of alkyl halides is 16. The number of hydrogen-bond donors (Lipinski definition) is 0. The van der Waals surface area contributed by atoms with E-state index < -0.39 is 93.6 Å². The summed E-state index contributed by atoms with van der Waals surface area (Å²) in [6.07, 6.45) is -7.82. The van der Waals surface area contributed by atoms with Crippen molar-refractivity contribution in [2.75, 3.05) is 0 Å². The summed E-state index contributed by atoms with van der Waals surface area (Å²) < 4.78 is 251. The minimum atomic E-state index is -8.65. The third kappa shape index (κ3) is 4.01. The molecule has 0 nitrogen and oxygen atoms in total. The molecule has 0 saturated carbocycles. The van der Waals surface area contributed by atoms with E-state index in [1.165, 1.54) is 0 Å². The first-order valence-corrected chi connectivity index (χ1v) is 9.32. The Morgan fingerprint density at radius 2 is 0.618 bits per heavy atom. The first-order valence-electron chi connectivity index (χ1n) is 7.16. The monoisotopic (exact) mass is 663 g/mol. The van der Waals surface area contributed by atoms with E-state index in [4.69, 9.17) is 0 Å². The van der Waals surface area contributed by atoms with E-state index >= 15 is 0 Å². The fourth-order valence-corrected chi connectivity index (χ4v) is 4.09. The van der Waals surface area contributed by atoms with Crippen LogP contribution in [0.2, 0.25) is 0 Å². The Morgan fingerprint density at radius 1 is 0.353 bits per heavy atom. The summed E-state index contributed by atoms with van der Waals surface area (Å²) in [6.45, 7) is 0. The predicted molar refractivity (Wildman–Crippen MR) is 60.7 cm³/mol.